The van der Waals surface area contributed by atoms with Crippen molar-refractivity contribution in [1.29, 1.82) is 0 Å². The molecular formula is C14H17N3O. The van der Waals surface area contributed by atoms with Gasteiger partial charge in [0.15, 0.2) is 0 Å². The van der Waals surface area contributed by atoms with Crippen molar-refractivity contribution in [3.8, 4) is 5.75 Å². The summed E-state index contributed by atoms with van der Waals surface area (Å²) in [5.74, 6) is 0.896. The largest absolute Gasteiger partial charge is 0.485 e. The Bertz CT molecular complexity index is 576. The number of benzene rings is 1. The number of rotatable bonds is 1. The van der Waals surface area contributed by atoms with Gasteiger partial charge in [0.25, 0.3) is 0 Å². The molecule has 0 radical (unpaired) electrons. The van der Waals surface area contributed by atoms with Gasteiger partial charge in [-0.05, 0) is 13.0 Å². The lowest BCUT2D eigenvalue weighted by molar-refractivity contribution is 0.161. The molecule has 0 saturated carbocycles. The highest BCUT2D eigenvalue weighted by Crippen LogP contribution is 2.39. The predicted octanol–water partition coefficient (Wildman–Crippen LogP) is 2.25. The first kappa shape index (κ1) is 11.3. The Hall–Kier alpha value is -1.81. The lowest BCUT2D eigenvalue weighted by atomic mass is 9.94. The first-order chi connectivity index (χ1) is 8.63. The van der Waals surface area contributed by atoms with E-state index in [9.17, 15) is 0 Å². The van der Waals surface area contributed by atoms with Crippen molar-refractivity contribution >= 4 is 0 Å². The Kier molecular flexibility index (Phi) is 2.59. The van der Waals surface area contributed by atoms with Crippen molar-refractivity contribution in [2.45, 2.75) is 25.5 Å². The fraction of sp³-hybridized carbons (Fsp3) is 0.357. The smallest absolute Gasteiger partial charge is 0.129 e. The maximum absolute atomic E-state index is 6.24. The molecule has 2 heterocycles. The van der Waals surface area contributed by atoms with Crippen molar-refractivity contribution in [2.24, 2.45) is 12.8 Å². The summed E-state index contributed by atoms with van der Waals surface area (Å²) in [5.41, 5.74) is 9.65. The summed E-state index contributed by atoms with van der Waals surface area (Å²) >= 11 is 0. The Morgan fingerprint density at radius 3 is 3.00 bits per heavy atom. The monoisotopic (exact) mass is 243 g/mol. The molecule has 1 aliphatic rings. The molecule has 0 spiro atoms. The van der Waals surface area contributed by atoms with E-state index < -0.39 is 0 Å². The highest BCUT2D eigenvalue weighted by atomic mass is 16.5. The van der Waals surface area contributed by atoms with Gasteiger partial charge in [-0.25, -0.2) is 0 Å². The average Bonchev–Trinajstić information content (AvgIpc) is 2.77. The van der Waals surface area contributed by atoms with E-state index in [4.69, 9.17) is 10.5 Å². The van der Waals surface area contributed by atoms with Crippen molar-refractivity contribution in [3.05, 3.63) is 47.3 Å². The van der Waals surface area contributed by atoms with E-state index in [-0.39, 0.29) is 12.1 Å². The summed E-state index contributed by atoms with van der Waals surface area (Å²) in [6.45, 7) is 2.07. The molecule has 2 aromatic rings. The Balaban J connectivity index is 1.94. The van der Waals surface area contributed by atoms with Crippen LogP contribution in [0.1, 0.15) is 35.3 Å². The summed E-state index contributed by atoms with van der Waals surface area (Å²) < 4.78 is 7.81. The summed E-state index contributed by atoms with van der Waals surface area (Å²) in [6, 6.07) is 6.20. The van der Waals surface area contributed by atoms with Crippen LogP contribution < -0.4 is 10.5 Å². The van der Waals surface area contributed by atoms with Crippen LogP contribution in [-0.4, -0.2) is 9.78 Å². The molecule has 4 heteroatoms. The molecule has 4 nitrogen and oxygen atoms in total. The topological polar surface area (TPSA) is 53.1 Å². The van der Waals surface area contributed by atoms with E-state index in [1.807, 2.05) is 25.5 Å². The van der Waals surface area contributed by atoms with Gasteiger partial charge in [-0.1, -0.05) is 17.7 Å². The van der Waals surface area contributed by atoms with Crippen molar-refractivity contribution in [2.75, 3.05) is 0 Å². The molecule has 94 valence electrons. The van der Waals surface area contributed by atoms with E-state index >= 15 is 0 Å². The second-order valence-corrected chi connectivity index (χ2v) is 4.94. The molecule has 18 heavy (non-hydrogen) atoms. The summed E-state index contributed by atoms with van der Waals surface area (Å²) in [6.07, 6.45) is 4.62. The first-order valence-corrected chi connectivity index (χ1v) is 6.15. The third-order valence-electron chi connectivity index (χ3n) is 3.40. The second-order valence-electron chi connectivity index (χ2n) is 4.94. The zero-order valence-electron chi connectivity index (χ0n) is 10.6. The Morgan fingerprint density at radius 2 is 2.28 bits per heavy atom. The molecule has 0 fully saturated rings. The van der Waals surface area contributed by atoms with E-state index in [1.54, 1.807) is 4.68 Å². The lowest BCUT2D eigenvalue weighted by Gasteiger charge is -2.30. The second kappa shape index (κ2) is 4.14. The summed E-state index contributed by atoms with van der Waals surface area (Å²) in [5, 5.41) is 4.18. The molecule has 0 aliphatic carbocycles. The molecule has 1 aromatic carbocycles. The number of aryl methyl sites for hydroxylation is 2. The molecule has 0 bridgehead atoms. The van der Waals surface area contributed by atoms with Gasteiger partial charge in [-0.3, -0.25) is 4.68 Å². The van der Waals surface area contributed by atoms with Gasteiger partial charge >= 0.3 is 0 Å². The summed E-state index contributed by atoms with van der Waals surface area (Å²) in [7, 11) is 1.91. The highest BCUT2D eigenvalue weighted by molar-refractivity contribution is 5.41. The van der Waals surface area contributed by atoms with E-state index in [2.05, 4.69) is 24.2 Å². The molecule has 0 saturated heterocycles. The normalized spacial score (nSPS) is 22.4. The lowest BCUT2D eigenvalue weighted by Crippen LogP contribution is -2.24. The minimum Gasteiger partial charge on any atom is -0.485 e. The van der Waals surface area contributed by atoms with Crippen LogP contribution in [0.3, 0.4) is 0 Å². The first-order valence-electron chi connectivity index (χ1n) is 6.15. The molecule has 0 amide bonds. The third-order valence-corrected chi connectivity index (χ3v) is 3.40. The fourth-order valence-corrected chi connectivity index (χ4v) is 2.43. The standard InChI is InChI=1S/C14H17N3O/c1-9-3-4-13-11(5-9)12(15)6-14(18-13)10-7-16-17(2)8-10/h3-5,7-8,12,14H,6,15H2,1-2H3/t12-,14?/m0/s1. The molecule has 1 aliphatic heterocycles. The quantitative estimate of drug-likeness (QED) is 0.835. The number of nitrogens with two attached hydrogens (primary N) is 1. The van der Waals surface area contributed by atoms with Gasteiger partial charge in [0.2, 0.25) is 0 Å². The van der Waals surface area contributed by atoms with Gasteiger partial charge in [-0.2, -0.15) is 5.10 Å². The Labute approximate surface area is 106 Å². The Morgan fingerprint density at radius 1 is 1.44 bits per heavy atom. The number of aromatic nitrogens is 2. The fourth-order valence-electron chi connectivity index (χ4n) is 2.43. The van der Waals surface area contributed by atoms with Crippen LogP contribution in [0.5, 0.6) is 5.75 Å². The predicted molar refractivity (Wildman–Crippen MR) is 69.3 cm³/mol. The number of fused-ring (bicyclic) bond motifs is 1. The number of hydrogen-bond donors (Lipinski definition) is 1. The van der Waals surface area contributed by atoms with Crippen LogP contribution in [-0.2, 0) is 7.05 Å². The van der Waals surface area contributed by atoms with Crippen LogP contribution in [0.15, 0.2) is 30.6 Å². The number of hydrogen-bond acceptors (Lipinski definition) is 3. The van der Waals surface area contributed by atoms with Gasteiger partial charge in [0.1, 0.15) is 11.9 Å². The minimum atomic E-state index is 0.00362. The molecule has 2 N–H and O–H groups in total. The number of nitrogens with zero attached hydrogens (tertiary/aromatic N) is 2. The maximum atomic E-state index is 6.24. The average molecular weight is 243 g/mol. The highest BCUT2D eigenvalue weighted by Gasteiger charge is 2.27. The van der Waals surface area contributed by atoms with Crippen LogP contribution >= 0.6 is 0 Å². The SMILES string of the molecule is Cc1ccc2c(c1)[C@@H](N)CC(c1cnn(C)c1)O2. The maximum Gasteiger partial charge on any atom is 0.129 e. The van der Waals surface area contributed by atoms with Gasteiger partial charge < -0.3 is 10.5 Å². The third kappa shape index (κ3) is 1.88. The van der Waals surface area contributed by atoms with Crippen LogP contribution in [0, 0.1) is 6.92 Å². The van der Waals surface area contributed by atoms with Gasteiger partial charge in [0.05, 0.1) is 6.20 Å². The van der Waals surface area contributed by atoms with E-state index in [0.717, 1.165) is 23.3 Å². The van der Waals surface area contributed by atoms with E-state index in [0.29, 0.717) is 0 Å². The van der Waals surface area contributed by atoms with Gasteiger partial charge in [-0.15, -0.1) is 0 Å². The zero-order valence-corrected chi connectivity index (χ0v) is 10.6. The number of ether oxygens (including phenoxy) is 1. The van der Waals surface area contributed by atoms with Crippen molar-refractivity contribution in [1.82, 2.24) is 9.78 Å². The van der Waals surface area contributed by atoms with Crippen molar-refractivity contribution in [3.63, 3.8) is 0 Å². The van der Waals surface area contributed by atoms with Crippen LogP contribution in [0.25, 0.3) is 0 Å². The van der Waals surface area contributed by atoms with Gasteiger partial charge in [0, 0.05) is 36.8 Å². The van der Waals surface area contributed by atoms with Crippen molar-refractivity contribution < 1.29 is 4.74 Å². The zero-order chi connectivity index (χ0) is 12.7. The summed E-state index contributed by atoms with van der Waals surface area (Å²) in [4.78, 5) is 0. The molecule has 3 rings (SSSR count). The van der Waals surface area contributed by atoms with Crippen LogP contribution in [0.4, 0.5) is 0 Å². The minimum absolute atomic E-state index is 0.00362. The van der Waals surface area contributed by atoms with Crippen LogP contribution in [0.2, 0.25) is 0 Å². The molecule has 1 aromatic heterocycles. The molecular weight excluding hydrogens is 226 g/mol. The van der Waals surface area contributed by atoms with E-state index in [1.165, 1.54) is 5.56 Å². The molecule has 1 unspecified atom stereocenters. The molecule has 2 atom stereocenters.